The lowest BCUT2D eigenvalue weighted by molar-refractivity contribution is 0.249. The first-order valence-electron chi connectivity index (χ1n) is 11.6. The van der Waals surface area contributed by atoms with E-state index in [1.807, 2.05) is 59.5 Å². The number of carbonyl (C=O) groups excluding carboxylic acids is 1. The molecule has 2 heterocycles. The van der Waals surface area contributed by atoms with Crippen LogP contribution in [0.4, 0.5) is 22.1 Å². The van der Waals surface area contributed by atoms with Crippen LogP contribution in [0.1, 0.15) is 49.4 Å². The molecule has 1 atom stereocenters. The predicted molar refractivity (Wildman–Crippen MR) is 133 cm³/mol. The first-order chi connectivity index (χ1) is 16.6. The van der Waals surface area contributed by atoms with Gasteiger partial charge < -0.3 is 25.5 Å². The van der Waals surface area contributed by atoms with Gasteiger partial charge in [-0.15, -0.1) is 0 Å². The summed E-state index contributed by atoms with van der Waals surface area (Å²) in [5.74, 6) is 1.93. The molecule has 5 rings (SSSR count). The fourth-order valence-electron chi connectivity index (χ4n) is 4.91. The van der Waals surface area contributed by atoms with E-state index in [2.05, 4.69) is 0 Å². The fraction of sp³-hybridized carbons (Fsp3) is 0.308. The minimum Gasteiger partial charge on any atom is -0.497 e. The van der Waals surface area contributed by atoms with Crippen molar-refractivity contribution >= 4 is 29.1 Å². The maximum absolute atomic E-state index is 12.3. The molecule has 0 bridgehead atoms. The molecule has 3 aromatic rings. The summed E-state index contributed by atoms with van der Waals surface area (Å²) in [6.07, 6.45) is 6.49. The number of furan rings is 1. The zero-order valence-electron chi connectivity index (χ0n) is 19.2. The molecule has 8 heteroatoms. The van der Waals surface area contributed by atoms with Gasteiger partial charge >= 0.3 is 6.03 Å². The van der Waals surface area contributed by atoms with E-state index in [9.17, 15) is 4.79 Å². The van der Waals surface area contributed by atoms with E-state index in [1.54, 1.807) is 18.3 Å². The van der Waals surface area contributed by atoms with Crippen molar-refractivity contribution in [3.8, 4) is 5.75 Å². The molecule has 0 radical (unpaired) electrons. The quantitative estimate of drug-likeness (QED) is 0.554. The molecule has 1 fully saturated rings. The van der Waals surface area contributed by atoms with Crippen LogP contribution in [-0.4, -0.2) is 25.0 Å². The van der Waals surface area contributed by atoms with Gasteiger partial charge in [0.1, 0.15) is 17.8 Å². The minimum atomic E-state index is -0.486. The highest BCUT2D eigenvalue weighted by Gasteiger charge is 2.32. The standard InChI is InChI=1S/C26H29N5O3/c1-33-21-13-7-17(8-14-21)24-29-25-22(15-16-34-25)23(27)31(24)20-11-9-19(10-12-20)30(26(28)32)18-5-3-2-4-6-18/h7-16,18,23H,2-6,27H2,1H3,(H2,28,32). The molecule has 1 unspecified atom stereocenters. The highest BCUT2D eigenvalue weighted by atomic mass is 16.5. The monoisotopic (exact) mass is 459 g/mol. The van der Waals surface area contributed by atoms with E-state index in [1.165, 1.54) is 6.42 Å². The number of hydrogen-bond donors (Lipinski definition) is 2. The maximum Gasteiger partial charge on any atom is 0.319 e. The van der Waals surface area contributed by atoms with Gasteiger partial charge in [-0.25, -0.2) is 4.79 Å². The van der Waals surface area contributed by atoms with Gasteiger partial charge in [0.2, 0.25) is 5.88 Å². The van der Waals surface area contributed by atoms with E-state index < -0.39 is 12.2 Å². The summed E-state index contributed by atoms with van der Waals surface area (Å²) in [7, 11) is 1.63. The third kappa shape index (κ3) is 4.01. The number of nitrogens with two attached hydrogens (primary N) is 2. The van der Waals surface area contributed by atoms with Crippen molar-refractivity contribution in [2.45, 2.75) is 44.3 Å². The van der Waals surface area contributed by atoms with Gasteiger partial charge in [-0.3, -0.25) is 4.90 Å². The predicted octanol–water partition coefficient (Wildman–Crippen LogP) is 5.06. The molecule has 8 nitrogen and oxygen atoms in total. The lowest BCUT2D eigenvalue weighted by atomic mass is 9.94. The summed E-state index contributed by atoms with van der Waals surface area (Å²) in [6, 6.07) is 17.0. The number of rotatable bonds is 5. The second-order valence-corrected chi connectivity index (χ2v) is 8.68. The molecule has 2 amide bonds. The van der Waals surface area contributed by atoms with Gasteiger partial charge in [0, 0.05) is 23.0 Å². The number of urea groups is 1. The van der Waals surface area contributed by atoms with Crippen LogP contribution in [0.15, 0.2) is 70.3 Å². The Labute approximate surface area is 198 Å². The lowest BCUT2D eigenvalue weighted by Crippen LogP contribution is -2.45. The number of primary amides is 1. The largest absolute Gasteiger partial charge is 0.497 e. The van der Waals surface area contributed by atoms with Crippen LogP contribution in [0.3, 0.4) is 0 Å². The summed E-state index contributed by atoms with van der Waals surface area (Å²) < 4.78 is 10.9. The molecular formula is C26H29N5O3. The van der Waals surface area contributed by atoms with Crippen LogP contribution < -0.4 is 26.0 Å². The molecule has 4 N–H and O–H groups in total. The van der Waals surface area contributed by atoms with E-state index in [0.29, 0.717) is 11.7 Å². The maximum atomic E-state index is 12.3. The Morgan fingerprint density at radius 2 is 1.76 bits per heavy atom. The Balaban J connectivity index is 1.51. The van der Waals surface area contributed by atoms with Crippen molar-refractivity contribution in [2.75, 3.05) is 16.9 Å². The Hall–Kier alpha value is -3.78. The Morgan fingerprint density at radius 1 is 1.06 bits per heavy atom. The normalized spacial score (nSPS) is 18.2. The van der Waals surface area contributed by atoms with Gasteiger partial charge in [-0.2, -0.15) is 4.99 Å². The Kier molecular flexibility index (Phi) is 5.98. The van der Waals surface area contributed by atoms with E-state index in [4.69, 9.17) is 25.6 Å². The second-order valence-electron chi connectivity index (χ2n) is 8.68. The second kappa shape index (κ2) is 9.23. The summed E-state index contributed by atoms with van der Waals surface area (Å²) in [6.45, 7) is 0. The van der Waals surface area contributed by atoms with Crippen molar-refractivity contribution in [2.24, 2.45) is 16.5 Å². The number of benzene rings is 2. The summed E-state index contributed by atoms with van der Waals surface area (Å²) in [5, 5.41) is 0. The smallest absolute Gasteiger partial charge is 0.319 e. The van der Waals surface area contributed by atoms with Crippen LogP contribution in [0.2, 0.25) is 0 Å². The number of nitrogens with zero attached hydrogens (tertiary/aromatic N) is 3. The van der Waals surface area contributed by atoms with Gasteiger partial charge in [0.15, 0.2) is 0 Å². The molecule has 2 aliphatic rings. The summed E-state index contributed by atoms with van der Waals surface area (Å²) in [4.78, 5) is 20.8. The van der Waals surface area contributed by atoms with Gasteiger partial charge in [-0.1, -0.05) is 19.3 Å². The topological polar surface area (TPSA) is 110 Å². The fourth-order valence-corrected chi connectivity index (χ4v) is 4.91. The molecule has 2 aromatic carbocycles. The zero-order chi connectivity index (χ0) is 23.7. The molecule has 1 aliphatic heterocycles. The van der Waals surface area contributed by atoms with Gasteiger partial charge in [-0.05, 0) is 67.4 Å². The van der Waals surface area contributed by atoms with Crippen LogP contribution in [0.5, 0.6) is 5.75 Å². The number of aliphatic imine (C=N–C) groups is 1. The first-order valence-corrected chi connectivity index (χ1v) is 11.6. The number of methoxy groups -OCH3 is 1. The highest BCUT2D eigenvalue weighted by Crippen LogP contribution is 2.38. The molecule has 176 valence electrons. The molecule has 0 spiro atoms. The SMILES string of the molecule is COc1ccc(C2=Nc3occc3C(N)N2c2ccc(N(C(N)=O)C3CCCCC3)cc2)cc1. The average molecular weight is 460 g/mol. The minimum absolute atomic E-state index is 0.138. The number of amides is 2. The van der Waals surface area contributed by atoms with Gasteiger partial charge in [0.25, 0.3) is 0 Å². The molecule has 1 aromatic heterocycles. The summed E-state index contributed by atoms with van der Waals surface area (Å²) in [5.41, 5.74) is 15.8. The van der Waals surface area contributed by atoms with Crippen molar-refractivity contribution in [1.29, 1.82) is 0 Å². The molecule has 1 saturated carbocycles. The molecule has 1 aliphatic carbocycles. The van der Waals surface area contributed by atoms with Gasteiger partial charge in [0.05, 0.1) is 18.9 Å². The van der Waals surface area contributed by atoms with Crippen LogP contribution in [0, 0.1) is 0 Å². The first kappa shape index (κ1) is 22.0. The van der Waals surface area contributed by atoms with Crippen molar-refractivity contribution in [3.63, 3.8) is 0 Å². The average Bonchev–Trinajstić information content (AvgIpc) is 3.34. The van der Waals surface area contributed by atoms with Crippen molar-refractivity contribution < 1.29 is 13.9 Å². The van der Waals surface area contributed by atoms with Crippen LogP contribution in [-0.2, 0) is 0 Å². The van der Waals surface area contributed by atoms with Crippen LogP contribution >= 0.6 is 0 Å². The third-order valence-corrected chi connectivity index (χ3v) is 6.64. The number of anilines is 2. The molecule has 34 heavy (non-hydrogen) atoms. The van der Waals surface area contributed by atoms with E-state index >= 15 is 0 Å². The Bertz CT molecular complexity index is 1180. The Morgan fingerprint density at radius 3 is 2.41 bits per heavy atom. The molecular weight excluding hydrogens is 430 g/mol. The van der Waals surface area contributed by atoms with E-state index in [0.717, 1.165) is 53.9 Å². The van der Waals surface area contributed by atoms with Crippen molar-refractivity contribution in [3.05, 3.63) is 72.0 Å². The number of fused-ring (bicyclic) bond motifs is 1. The molecule has 0 saturated heterocycles. The number of ether oxygens (including phenoxy) is 1. The number of amidine groups is 1. The third-order valence-electron chi connectivity index (χ3n) is 6.64. The number of hydrogen-bond acceptors (Lipinski definition) is 6. The number of carbonyl (C=O) groups is 1. The highest BCUT2D eigenvalue weighted by molar-refractivity contribution is 6.12. The van der Waals surface area contributed by atoms with Crippen LogP contribution in [0.25, 0.3) is 0 Å². The summed E-state index contributed by atoms with van der Waals surface area (Å²) >= 11 is 0. The van der Waals surface area contributed by atoms with Crippen molar-refractivity contribution in [1.82, 2.24) is 0 Å². The zero-order valence-corrected chi connectivity index (χ0v) is 19.2. The van der Waals surface area contributed by atoms with E-state index in [-0.39, 0.29) is 6.04 Å². The lowest BCUT2D eigenvalue weighted by Gasteiger charge is -2.36.